The average Bonchev–Trinajstić information content (AvgIpc) is 2.38. The number of nitriles is 1. The number of carbonyl (C=O) groups excluding carboxylic acids is 1. The molecule has 0 fully saturated rings. The predicted molar refractivity (Wildman–Crippen MR) is 86.1 cm³/mol. The molecule has 0 aromatic heterocycles. The lowest BCUT2D eigenvalue weighted by molar-refractivity contribution is -0.118. The number of aryl methyl sites for hydroxylation is 2. The molecule has 0 saturated heterocycles. The van der Waals surface area contributed by atoms with Crippen LogP contribution < -0.4 is 4.90 Å². The van der Waals surface area contributed by atoms with Crippen molar-refractivity contribution >= 4 is 27.5 Å². The third kappa shape index (κ3) is 5.34. The van der Waals surface area contributed by atoms with Crippen LogP contribution in [0.3, 0.4) is 0 Å². The monoisotopic (exact) mass is 336 g/mol. The van der Waals surface area contributed by atoms with E-state index in [0.717, 1.165) is 35.0 Å². The Balaban J connectivity index is 2.87. The van der Waals surface area contributed by atoms with Crippen molar-refractivity contribution in [2.75, 3.05) is 16.8 Å². The number of carbonyl (C=O) groups is 1. The van der Waals surface area contributed by atoms with Gasteiger partial charge in [0.25, 0.3) is 0 Å². The first-order valence-electron chi connectivity index (χ1n) is 6.90. The fraction of sp³-hybridized carbons (Fsp3) is 0.500. The largest absolute Gasteiger partial charge is 0.311 e. The summed E-state index contributed by atoms with van der Waals surface area (Å²) in [6, 6.07) is 8.22. The highest BCUT2D eigenvalue weighted by atomic mass is 79.9. The molecule has 4 heteroatoms. The number of hydrogen-bond donors (Lipinski definition) is 0. The van der Waals surface area contributed by atoms with Crippen molar-refractivity contribution in [2.24, 2.45) is 0 Å². The van der Waals surface area contributed by atoms with Gasteiger partial charge in [-0.1, -0.05) is 22.0 Å². The van der Waals surface area contributed by atoms with Gasteiger partial charge >= 0.3 is 0 Å². The van der Waals surface area contributed by atoms with Crippen LogP contribution in [0, 0.1) is 25.2 Å². The molecular weight excluding hydrogens is 316 g/mol. The van der Waals surface area contributed by atoms with Crippen molar-refractivity contribution in [1.29, 1.82) is 5.26 Å². The second kappa shape index (κ2) is 8.76. The molecule has 0 aliphatic heterocycles. The first kappa shape index (κ1) is 16.7. The number of benzene rings is 1. The van der Waals surface area contributed by atoms with Crippen LogP contribution in [0.15, 0.2) is 18.2 Å². The van der Waals surface area contributed by atoms with E-state index in [0.29, 0.717) is 19.4 Å². The molecule has 0 heterocycles. The number of alkyl halides is 1. The van der Waals surface area contributed by atoms with Gasteiger partial charge in [0.2, 0.25) is 5.91 Å². The molecule has 0 bridgehead atoms. The number of halogens is 1. The van der Waals surface area contributed by atoms with Gasteiger partial charge in [0.15, 0.2) is 0 Å². The quantitative estimate of drug-likeness (QED) is 0.555. The Kier molecular flexibility index (Phi) is 7.32. The molecule has 0 aliphatic carbocycles. The van der Waals surface area contributed by atoms with E-state index in [4.69, 9.17) is 5.26 Å². The van der Waals surface area contributed by atoms with Crippen molar-refractivity contribution in [2.45, 2.75) is 39.5 Å². The van der Waals surface area contributed by atoms with Crippen LogP contribution in [0.5, 0.6) is 0 Å². The Hall–Kier alpha value is -1.34. The molecule has 0 N–H and O–H groups in total. The first-order chi connectivity index (χ1) is 9.58. The van der Waals surface area contributed by atoms with E-state index in [1.165, 1.54) is 0 Å². The molecular formula is C16H21BrN2O. The van der Waals surface area contributed by atoms with Gasteiger partial charge in [0.1, 0.15) is 0 Å². The van der Waals surface area contributed by atoms with E-state index >= 15 is 0 Å². The Morgan fingerprint density at radius 2 is 1.90 bits per heavy atom. The second-order valence-electron chi connectivity index (χ2n) is 4.95. The van der Waals surface area contributed by atoms with Gasteiger partial charge in [-0.2, -0.15) is 5.26 Å². The fourth-order valence-electron chi connectivity index (χ4n) is 2.17. The minimum Gasteiger partial charge on any atom is -0.311 e. The molecule has 1 aromatic carbocycles. The summed E-state index contributed by atoms with van der Waals surface area (Å²) in [4.78, 5) is 14.1. The average molecular weight is 337 g/mol. The molecule has 0 aliphatic rings. The topological polar surface area (TPSA) is 44.1 Å². The van der Waals surface area contributed by atoms with Crippen LogP contribution in [0.2, 0.25) is 0 Å². The summed E-state index contributed by atoms with van der Waals surface area (Å²) in [5, 5.41) is 9.69. The molecule has 108 valence electrons. The van der Waals surface area contributed by atoms with Crippen LogP contribution in [-0.4, -0.2) is 17.8 Å². The maximum absolute atomic E-state index is 12.3. The minimum absolute atomic E-state index is 0.103. The van der Waals surface area contributed by atoms with Gasteiger partial charge in [-0.15, -0.1) is 0 Å². The van der Waals surface area contributed by atoms with Crippen molar-refractivity contribution < 1.29 is 4.79 Å². The molecule has 20 heavy (non-hydrogen) atoms. The number of rotatable bonds is 7. The second-order valence-corrected chi connectivity index (χ2v) is 5.74. The molecule has 0 saturated carbocycles. The molecule has 0 spiro atoms. The summed E-state index contributed by atoms with van der Waals surface area (Å²) in [6.07, 6.45) is 2.75. The zero-order valence-corrected chi connectivity index (χ0v) is 13.7. The standard InChI is InChI=1S/C16H21BrN2O/c1-13-10-14(2)12-15(11-13)19(9-5-8-18)16(20)6-3-4-7-17/h10-12H,3-7,9H2,1-2H3. The van der Waals surface area contributed by atoms with Crippen LogP contribution in [0.4, 0.5) is 5.69 Å². The smallest absolute Gasteiger partial charge is 0.227 e. The summed E-state index contributed by atoms with van der Waals surface area (Å²) in [6.45, 7) is 4.51. The zero-order chi connectivity index (χ0) is 15.0. The summed E-state index contributed by atoms with van der Waals surface area (Å²) in [5.41, 5.74) is 3.17. The number of amides is 1. The number of nitrogens with zero attached hydrogens (tertiary/aromatic N) is 2. The highest BCUT2D eigenvalue weighted by molar-refractivity contribution is 9.09. The highest BCUT2D eigenvalue weighted by Crippen LogP contribution is 2.20. The molecule has 1 amide bonds. The zero-order valence-electron chi connectivity index (χ0n) is 12.2. The Labute approximate surface area is 129 Å². The molecule has 0 atom stereocenters. The molecule has 1 rings (SSSR count). The third-order valence-corrected chi connectivity index (χ3v) is 3.60. The highest BCUT2D eigenvalue weighted by Gasteiger charge is 2.15. The Morgan fingerprint density at radius 1 is 1.25 bits per heavy atom. The fourth-order valence-corrected chi connectivity index (χ4v) is 2.57. The normalized spacial score (nSPS) is 10.1. The van der Waals surface area contributed by atoms with Crippen LogP contribution in [0.1, 0.15) is 36.8 Å². The van der Waals surface area contributed by atoms with Gasteiger partial charge in [0.05, 0.1) is 12.5 Å². The maximum atomic E-state index is 12.3. The summed E-state index contributed by atoms with van der Waals surface area (Å²) < 4.78 is 0. The van der Waals surface area contributed by atoms with E-state index in [2.05, 4.69) is 28.1 Å². The van der Waals surface area contributed by atoms with E-state index in [-0.39, 0.29) is 5.91 Å². The van der Waals surface area contributed by atoms with E-state index in [1.807, 2.05) is 26.0 Å². The predicted octanol–water partition coefficient (Wildman–Crippen LogP) is 4.12. The van der Waals surface area contributed by atoms with Crippen molar-refractivity contribution in [1.82, 2.24) is 0 Å². The van der Waals surface area contributed by atoms with Gasteiger partial charge in [-0.25, -0.2) is 0 Å². The lowest BCUT2D eigenvalue weighted by Gasteiger charge is -2.23. The maximum Gasteiger partial charge on any atom is 0.227 e. The molecule has 3 nitrogen and oxygen atoms in total. The Morgan fingerprint density at radius 3 is 2.45 bits per heavy atom. The molecule has 1 aromatic rings. The van der Waals surface area contributed by atoms with Crippen LogP contribution >= 0.6 is 15.9 Å². The van der Waals surface area contributed by atoms with Crippen LogP contribution in [0.25, 0.3) is 0 Å². The molecule has 0 radical (unpaired) electrons. The van der Waals surface area contributed by atoms with Gasteiger partial charge in [-0.3, -0.25) is 4.79 Å². The van der Waals surface area contributed by atoms with E-state index in [9.17, 15) is 4.79 Å². The SMILES string of the molecule is Cc1cc(C)cc(N(CCC#N)C(=O)CCCCBr)c1. The van der Waals surface area contributed by atoms with Gasteiger partial charge < -0.3 is 4.90 Å². The summed E-state index contributed by atoms with van der Waals surface area (Å²) in [5.74, 6) is 0.103. The van der Waals surface area contributed by atoms with Crippen LogP contribution in [-0.2, 0) is 4.79 Å². The minimum atomic E-state index is 0.103. The van der Waals surface area contributed by atoms with Crippen molar-refractivity contribution in [3.05, 3.63) is 29.3 Å². The van der Waals surface area contributed by atoms with Gasteiger partial charge in [-0.05, 0) is 49.9 Å². The van der Waals surface area contributed by atoms with E-state index < -0.39 is 0 Å². The van der Waals surface area contributed by atoms with Gasteiger partial charge in [0, 0.05) is 24.0 Å². The number of hydrogen-bond acceptors (Lipinski definition) is 2. The third-order valence-electron chi connectivity index (χ3n) is 3.04. The summed E-state index contributed by atoms with van der Waals surface area (Å²) in [7, 11) is 0. The van der Waals surface area contributed by atoms with Crippen molar-refractivity contribution in [3.63, 3.8) is 0 Å². The lowest BCUT2D eigenvalue weighted by Crippen LogP contribution is -2.31. The molecule has 0 unspecified atom stereocenters. The first-order valence-corrected chi connectivity index (χ1v) is 8.02. The van der Waals surface area contributed by atoms with E-state index in [1.54, 1.807) is 4.90 Å². The number of anilines is 1. The lowest BCUT2D eigenvalue weighted by atomic mass is 10.1. The summed E-state index contributed by atoms with van der Waals surface area (Å²) >= 11 is 3.37. The number of unbranched alkanes of at least 4 members (excludes halogenated alkanes) is 1. The Bertz CT molecular complexity index is 473. The van der Waals surface area contributed by atoms with Crippen molar-refractivity contribution in [3.8, 4) is 6.07 Å².